The molecule has 12 heavy (non-hydrogen) atoms. The van der Waals surface area contributed by atoms with E-state index in [0.29, 0.717) is 17.1 Å². The Hall–Kier alpha value is -0.370. The van der Waals surface area contributed by atoms with Crippen LogP contribution in [0.25, 0.3) is 0 Å². The molecule has 2 nitrogen and oxygen atoms in total. The van der Waals surface area contributed by atoms with Crippen molar-refractivity contribution in [2.75, 3.05) is 0 Å². The Kier molecular flexibility index (Phi) is 1.59. The Balaban J connectivity index is 2.08. The molecule has 2 aliphatic rings. The van der Waals surface area contributed by atoms with Crippen molar-refractivity contribution in [1.29, 1.82) is 0 Å². The van der Waals surface area contributed by atoms with Gasteiger partial charge in [0.05, 0.1) is 6.10 Å². The van der Waals surface area contributed by atoms with Crippen LogP contribution in [0.1, 0.15) is 33.6 Å². The van der Waals surface area contributed by atoms with Gasteiger partial charge >= 0.3 is 0 Å². The van der Waals surface area contributed by atoms with E-state index in [1.54, 1.807) is 0 Å². The third kappa shape index (κ3) is 1.18. The molecule has 68 valence electrons. The fourth-order valence-electron chi connectivity index (χ4n) is 2.22. The van der Waals surface area contributed by atoms with Gasteiger partial charge in [0.25, 0.3) is 0 Å². The van der Waals surface area contributed by atoms with E-state index in [1.165, 1.54) is 0 Å². The second-order valence-electron chi connectivity index (χ2n) is 5.00. The summed E-state index contributed by atoms with van der Waals surface area (Å²) in [4.78, 5) is 11.2. The van der Waals surface area contributed by atoms with Crippen LogP contribution in [0.4, 0.5) is 0 Å². The van der Waals surface area contributed by atoms with Gasteiger partial charge in [-0.3, -0.25) is 4.79 Å². The normalized spacial score (nSPS) is 40.9. The highest BCUT2D eigenvalue weighted by atomic mass is 16.6. The number of carbonyl (C=O) groups excluding carboxylic acids is 1. The van der Waals surface area contributed by atoms with E-state index in [9.17, 15) is 4.79 Å². The van der Waals surface area contributed by atoms with Crippen LogP contribution in [0.2, 0.25) is 0 Å². The van der Waals surface area contributed by atoms with Crippen molar-refractivity contribution < 1.29 is 9.53 Å². The maximum atomic E-state index is 11.2. The summed E-state index contributed by atoms with van der Waals surface area (Å²) in [5.74, 6) is 0.903. The minimum atomic E-state index is -0.0250. The third-order valence-electron chi connectivity index (χ3n) is 3.05. The van der Waals surface area contributed by atoms with Crippen LogP contribution in [0, 0.1) is 11.3 Å². The standard InChI is InChI=1S/C10H16O2/c1-10(2,3)6-4-5-7(11)9-8(6)12-9/h6,8-9H,4-5H2,1-3H3/t6-,8-,9+/m0/s1. The second kappa shape index (κ2) is 2.32. The van der Waals surface area contributed by atoms with Crippen LogP contribution >= 0.6 is 0 Å². The molecule has 1 saturated carbocycles. The number of epoxide rings is 1. The zero-order valence-electron chi connectivity index (χ0n) is 7.96. The fourth-order valence-corrected chi connectivity index (χ4v) is 2.22. The van der Waals surface area contributed by atoms with Crippen LogP contribution in [0.15, 0.2) is 0 Å². The van der Waals surface area contributed by atoms with Gasteiger partial charge < -0.3 is 4.74 Å². The topological polar surface area (TPSA) is 29.6 Å². The molecule has 0 spiro atoms. The molecule has 0 amide bonds. The number of hydrogen-bond donors (Lipinski definition) is 0. The molecule has 0 bridgehead atoms. The second-order valence-corrected chi connectivity index (χ2v) is 5.00. The summed E-state index contributed by atoms with van der Waals surface area (Å²) in [6.45, 7) is 6.69. The first kappa shape index (κ1) is 8.24. The van der Waals surface area contributed by atoms with Gasteiger partial charge in [-0.15, -0.1) is 0 Å². The quantitative estimate of drug-likeness (QED) is 0.516. The van der Waals surface area contributed by atoms with Crippen molar-refractivity contribution in [3.05, 3.63) is 0 Å². The number of ether oxygens (including phenoxy) is 1. The van der Waals surface area contributed by atoms with Crippen LogP contribution in [-0.4, -0.2) is 18.0 Å². The first-order valence-corrected chi connectivity index (χ1v) is 4.68. The highest BCUT2D eigenvalue weighted by Crippen LogP contribution is 2.46. The van der Waals surface area contributed by atoms with E-state index < -0.39 is 0 Å². The zero-order valence-corrected chi connectivity index (χ0v) is 7.96. The van der Waals surface area contributed by atoms with Gasteiger partial charge in [-0.1, -0.05) is 20.8 Å². The Labute approximate surface area is 73.3 Å². The molecule has 1 saturated heterocycles. The summed E-state index contributed by atoms with van der Waals surface area (Å²) in [6, 6.07) is 0. The molecular weight excluding hydrogens is 152 g/mol. The monoisotopic (exact) mass is 168 g/mol. The van der Waals surface area contributed by atoms with E-state index in [-0.39, 0.29) is 12.2 Å². The molecule has 2 rings (SSSR count). The summed E-state index contributed by atoms with van der Waals surface area (Å²) < 4.78 is 5.38. The Morgan fingerprint density at radius 2 is 2.08 bits per heavy atom. The molecule has 0 aromatic rings. The van der Waals surface area contributed by atoms with Gasteiger partial charge in [0.1, 0.15) is 6.10 Å². The van der Waals surface area contributed by atoms with E-state index in [1.807, 2.05) is 0 Å². The predicted molar refractivity (Wildman–Crippen MR) is 45.8 cm³/mol. The van der Waals surface area contributed by atoms with Crippen LogP contribution < -0.4 is 0 Å². The zero-order chi connectivity index (χ0) is 8.93. The molecule has 0 radical (unpaired) electrons. The average molecular weight is 168 g/mol. The lowest BCUT2D eigenvalue weighted by molar-refractivity contribution is -0.121. The summed E-state index contributed by atoms with van der Waals surface area (Å²) in [7, 11) is 0. The maximum Gasteiger partial charge on any atom is 0.164 e. The van der Waals surface area contributed by atoms with Gasteiger partial charge in [-0.25, -0.2) is 0 Å². The number of carbonyl (C=O) groups is 1. The van der Waals surface area contributed by atoms with Crippen LogP contribution in [0.3, 0.4) is 0 Å². The third-order valence-corrected chi connectivity index (χ3v) is 3.05. The molecule has 0 aromatic heterocycles. The Morgan fingerprint density at radius 3 is 2.67 bits per heavy atom. The maximum absolute atomic E-state index is 11.2. The Bertz CT molecular complexity index is 214. The molecule has 2 fully saturated rings. The highest BCUT2D eigenvalue weighted by Gasteiger charge is 2.55. The number of hydrogen-bond acceptors (Lipinski definition) is 2. The molecule has 1 aliphatic heterocycles. The largest absolute Gasteiger partial charge is 0.361 e. The summed E-state index contributed by atoms with van der Waals surface area (Å²) in [6.07, 6.45) is 1.97. The molecule has 2 heteroatoms. The SMILES string of the molecule is CC(C)(C)[C@H]1CCC(=O)[C@H]2O[C@H]21. The van der Waals surface area contributed by atoms with E-state index >= 15 is 0 Å². The smallest absolute Gasteiger partial charge is 0.164 e. The molecular formula is C10H16O2. The van der Waals surface area contributed by atoms with Crippen molar-refractivity contribution in [2.24, 2.45) is 11.3 Å². The van der Waals surface area contributed by atoms with E-state index in [0.717, 1.165) is 12.8 Å². The van der Waals surface area contributed by atoms with Gasteiger partial charge in [-0.05, 0) is 17.8 Å². The molecule has 0 unspecified atom stereocenters. The predicted octanol–water partition coefficient (Wildman–Crippen LogP) is 1.78. The molecule has 1 aliphatic carbocycles. The lowest BCUT2D eigenvalue weighted by Gasteiger charge is -2.31. The van der Waals surface area contributed by atoms with Gasteiger partial charge in [0.15, 0.2) is 5.78 Å². The molecule has 0 N–H and O–H groups in total. The first-order chi connectivity index (χ1) is 5.50. The molecule has 0 aromatic carbocycles. The van der Waals surface area contributed by atoms with Gasteiger partial charge in [-0.2, -0.15) is 0 Å². The Morgan fingerprint density at radius 1 is 1.42 bits per heavy atom. The van der Waals surface area contributed by atoms with Gasteiger partial charge in [0.2, 0.25) is 0 Å². The van der Waals surface area contributed by atoms with Crippen LogP contribution in [-0.2, 0) is 9.53 Å². The van der Waals surface area contributed by atoms with Crippen molar-refractivity contribution >= 4 is 5.78 Å². The summed E-state index contributed by atoms with van der Waals surface area (Å²) in [5, 5.41) is 0. The van der Waals surface area contributed by atoms with Gasteiger partial charge in [0, 0.05) is 6.42 Å². The number of rotatable bonds is 0. The number of ketones is 1. The number of fused-ring (bicyclic) bond motifs is 1. The van der Waals surface area contributed by atoms with Crippen LogP contribution in [0.5, 0.6) is 0 Å². The molecule has 1 heterocycles. The fraction of sp³-hybridized carbons (Fsp3) is 0.900. The van der Waals surface area contributed by atoms with Crippen molar-refractivity contribution in [1.82, 2.24) is 0 Å². The van der Waals surface area contributed by atoms with E-state index in [4.69, 9.17) is 4.74 Å². The minimum absolute atomic E-state index is 0.0250. The summed E-state index contributed by atoms with van der Waals surface area (Å²) >= 11 is 0. The average Bonchev–Trinajstić information content (AvgIpc) is 2.64. The first-order valence-electron chi connectivity index (χ1n) is 4.68. The highest BCUT2D eigenvalue weighted by molar-refractivity contribution is 5.87. The summed E-state index contributed by atoms with van der Waals surface area (Å²) in [5.41, 5.74) is 0.292. The molecule has 3 atom stereocenters. The minimum Gasteiger partial charge on any atom is -0.361 e. The lowest BCUT2D eigenvalue weighted by Crippen LogP contribution is -2.32. The van der Waals surface area contributed by atoms with Crippen molar-refractivity contribution in [3.63, 3.8) is 0 Å². The number of Topliss-reactive ketones (excluding diaryl/α,β-unsaturated/α-hetero) is 1. The van der Waals surface area contributed by atoms with E-state index in [2.05, 4.69) is 20.8 Å². The van der Waals surface area contributed by atoms with Crippen molar-refractivity contribution in [2.45, 2.75) is 45.8 Å². The van der Waals surface area contributed by atoms with Crippen molar-refractivity contribution in [3.8, 4) is 0 Å². The lowest BCUT2D eigenvalue weighted by atomic mass is 9.72.